The third kappa shape index (κ3) is 2.21. The zero-order valence-electron chi connectivity index (χ0n) is 11.1. The number of benzene rings is 2. The summed E-state index contributed by atoms with van der Waals surface area (Å²) >= 11 is 6.01. The molecule has 0 amide bonds. The maximum absolute atomic E-state index is 11.4. The number of carboxylic acids is 1. The molecule has 3 aromatic rings. The molecule has 6 heteroatoms. The molecule has 3 rings (SSSR count). The predicted octanol–water partition coefficient (Wildman–Crippen LogP) is 3.39. The quantitative estimate of drug-likeness (QED) is 0.805. The second-order valence-corrected chi connectivity index (χ2v) is 4.82. The number of hydrogen-bond donors (Lipinski definition) is 1. The Bertz CT molecular complexity index is 842. The number of nitrogens with zero attached hydrogens (tertiary/aromatic N) is 2. The summed E-state index contributed by atoms with van der Waals surface area (Å²) in [6.07, 6.45) is 1.58. The summed E-state index contributed by atoms with van der Waals surface area (Å²) < 4.78 is 6.90. The average molecular weight is 303 g/mol. The van der Waals surface area contributed by atoms with Gasteiger partial charge in [-0.05, 0) is 24.3 Å². The third-order valence-corrected chi connectivity index (χ3v) is 3.52. The Hall–Kier alpha value is -2.53. The number of ether oxygens (including phenoxy) is 1. The summed E-state index contributed by atoms with van der Waals surface area (Å²) in [5.74, 6) is -0.480. The van der Waals surface area contributed by atoms with Crippen LogP contribution in [0.4, 0.5) is 0 Å². The van der Waals surface area contributed by atoms with Crippen LogP contribution in [0.15, 0.2) is 42.7 Å². The first-order chi connectivity index (χ1) is 10.1. The van der Waals surface area contributed by atoms with Crippen molar-refractivity contribution in [3.63, 3.8) is 0 Å². The van der Waals surface area contributed by atoms with E-state index in [0.717, 1.165) is 5.69 Å². The molecular weight excluding hydrogens is 292 g/mol. The van der Waals surface area contributed by atoms with Crippen molar-refractivity contribution >= 4 is 28.6 Å². The fraction of sp³-hybridized carbons (Fsp3) is 0.0667. The van der Waals surface area contributed by atoms with Crippen molar-refractivity contribution in [3.8, 4) is 11.4 Å². The lowest BCUT2D eigenvalue weighted by Gasteiger charge is -2.09. The van der Waals surface area contributed by atoms with Crippen LogP contribution in [0.3, 0.4) is 0 Å². The molecule has 1 N–H and O–H groups in total. The molecule has 0 bridgehead atoms. The van der Waals surface area contributed by atoms with Crippen molar-refractivity contribution in [2.45, 2.75) is 0 Å². The van der Waals surface area contributed by atoms with Crippen molar-refractivity contribution < 1.29 is 14.6 Å². The molecule has 0 unspecified atom stereocenters. The van der Waals surface area contributed by atoms with Crippen molar-refractivity contribution in [1.82, 2.24) is 9.55 Å². The van der Waals surface area contributed by atoms with Crippen molar-refractivity contribution in [2.24, 2.45) is 0 Å². The van der Waals surface area contributed by atoms with E-state index in [2.05, 4.69) is 4.98 Å². The number of carbonyl (C=O) groups is 1. The molecular formula is C15H11ClN2O3. The number of rotatable bonds is 3. The van der Waals surface area contributed by atoms with Crippen LogP contribution in [0.5, 0.6) is 5.75 Å². The number of methoxy groups -OCH3 is 1. The largest absolute Gasteiger partial charge is 0.495 e. The van der Waals surface area contributed by atoms with Crippen molar-refractivity contribution in [1.29, 1.82) is 0 Å². The minimum Gasteiger partial charge on any atom is -0.495 e. The van der Waals surface area contributed by atoms with Gasteiger partial charge in [-0.3, -0.25) is 4.57 Å². The number of aromatic carboxylic acids is 1. The van der Waals surface area contributed by atoms with E-state index >= 15 is 0 Å². The molecule has 0 radical (unpaired) electrons. The van der Waals surface area contributed by atoms with E-state index in [1.807, 2.05) is 0 Å². The van der Waals surface area contributed by atoms with Crippen LogP contribution in [0, 0.1) is 0 Å². The van der Waals surface area contributed by atoms with Gasteiger partial charge in [0.2, 0.25) is 0 Å². The minimum atomic E-state index is -0.997. The summed E-state index contributed by atoms with van der Waals surface area (Å²) in [5.41, 5.74) is 2.07. The molecule has 0 saturated heterocycles. The van der Waals surface area contributed by atoms with Gasteiger partial charge in [-0.1, -0.05) is 17.7 Å². The third-order valence-electron chi connectivity index (χ3n) is 3.21. The van der Waals surface area contributed by atoms with Gasteiger partial charge in [0.25, 0.3) is 0 Å². The van der Waals surface area contributed by atoms with E-state index < -0.39 is 5.97 Å². The van der Waals surface area contributed by atoms with Crippen molar-refractivity contribution in [2.75, 3.05) is 7.11 Å². The maximum atomic E-state index is 11.4. The molecule has 106 valence electrons. The van der Waals surface area contributed by atoms with Gasteiger partial charge >= 0.3 is 5.97 Å². The standard InChI is InChI=1S/C15H11ClN2O3/c1-21-13-7-9(5-6-11(13)16)18-8-17-12-4-2-3-10(14(12)18)15(19)20/h2-8H,1H3,(H,19,20). The number of carboxylic acid groups (broad SMARTS) is 1. The Balaban J connectivity index is 2.28. The van der Waals surface area contributed by atoms with Crippen LogP contribution in [-0.2, 0) is 0 Å². The second kappa shape index (κ2) is 5.10. The summed E-state index contributed by atoms with van der Waals surface area (Å²) in [5, 5.41) is 9.82. The summed E-state index contributed by atoms with van der Waals surface area (Å²) in [4.78, 5) is 15.6. The highest BCUT2D eigenvalue weighted by Crippen LogP contribution is 2.29. The Kier molecular flexibility index (Phi) is 3.27. The monoisotopic (exact) mass is 302 g/mol. The number of hydrogen-bond acceptors (Lipinski definition) is 3. The lowest BCUT2D eigenvalue weighted by molar-refractivity contribution is 0.0698. The smallest absolute Gasteiger partial charge is 0.337 e. The molecule has 0 saturated carbocycles. The van der Waals surface area contributed by atoms with Gasteiger partial charge < -0.3 is 9.84 Å². The number of halogens is 1. The second-order valence-electron chi connectivity index (χ2n) is 4.41. The topological polar surface area (TPSA) is 64.4 Å². The van der Waals surface area contributed by atoms with E-state index in [1.54, 1.807) is 47.3 Å². The van der Waals surface area contributed by atoms with Gasteiger partial charge in [-0.2, -0.15) is 0 Å². The van der Waals surface area contributed by atoms with E-state index in [4.69, 9.17) is 16.3 Å². The zero-order chi connectivity index (χ0) is 15.0. The number of para-hydroxylation sites is 1. The lowest BCUT2D eigenvalue weighted by atomic mass is 10.1. The first-order valence-corrected chi connectivity index (χ1v) is 6.53. The lowest BCUT2D eigenvalue weighted by Crippen LogP contribution is -2.02. The number of aromatic nitrogens is 2. The summed E-state index contributed by atoms with van der Waals surface area (Å²) in [7, 11) is 1.53. The molecule has 2 aromatic carbocycles. The zero-order valence-corrected chi connectivity index (χ0v) is 11.8. The van der Waals surface area contributed by atoms with Gasteiger partial charge in [-0.25, -0.2) is 9.78 Å². The molecule has 1 heterocycles. The van der Waals surface area contributed by atoms with Gasteiger partial charge in [0.1, 0.15) is 12.1 Å². The molecule has 0 atom stereocenters. The first kappa shape index (κ1) is 13.5. The molecule has 0 aliphatic rings. The highest BCUT2D eigenvalue weighted by Gasteiger charge is 2.15. The minimum absolute atomic E-state index is 0.193. The molecule has 21 heavy (non-hydrogen) atoms. The van der Waals surface area contributed by atoms with E-state index in [9.17, 15) is 9.90 Å². The van der Waals surface area contributed by atoms with Crippen LogP contribution in [-0.4, -0.2) is 27.7 Å². The number of fused-ring (bicyclic) bond motifs is 1. The van der Waals surface area contributed by atoms with Gasteiger partial charge in [0, 0.05) is 6.07 Å². The number of imidazole rings is 1. The Morgan fingerprint density at radius 2 is 2.14 bits per heavy atom. The SMILES string of the molecule is COc1cc(-n2cnc3cccc(C(=O)O)c32)ccc1Cl. The van der Waals surface area contributed by atoms with Gasteiger partial charge in [0.05, 0.1) is 34.4 Å². The Labute approximate surface area is 125 Å². The summed E-state index contributed by atoms with van der Waals surface area (Å²) in [6, 6.07) is 10.2. The molecule has 0 aliphatic carbocycles. The first-order valence-electron chi connectivity index (χ1n) is 6.15. The van der Waals surface area contributed by atoms with E-state index in [-0.39, 0.29) is 5.56 Å². The van der Waals surface area contributed by atoms with Crippen molar-refractivity contribution in [3.05, 3.63) is 53.3 Å². The molecule has 5 nitrogen and oxygen atoms in total. The van der Waals surface area contributed by atoms with Crippen LogP contribution < -0.4 is 4.74 Å². The predicted molar refractivity (Wildman–Crippen MR) is 79.6 cm³/mol. The molecule has 0 aliphatic heterocycles. The fourth-order valence-corrected chi connectivity index (χ4v) is 2.43. The Morgan fingerprint density at radius 1 is 1.33 bits per heavy atom. The fourth-order valence-electron chi connectivity index (χ4n) is 2.23. The molecule has 0 fully saturated rings. The average Bonchev–Trinajstić information content (AvgIpc) is 2.91. The highest BCUT2D eigenvalue weighted by atomic mass is 35.5. The molecule has 0 spiro atoms. The van der Waals surface area contributed by atoms with Crippen LogP contribution in [0.2, 0.25) is 5.02 Å². The van der Waals surface area contributed by atoms with E-state index in [1.165, 1.54) is 7.11 Å². The Morgan fingerprint density at radius 3 is 2.86 bits per heavy atom. The van der Waals surface area contributed by atoms with Crippen LogP contribution in [0.1, 0.15) is 10.4 Å². The molecule has 1 aromatic heterocycles. The van der Waals surface area contributed by atoms with E-state index in [0.29, 0.717) is 21.8 Å². The summed E-state index contributed by atoms with van der Waals surface area (Å²) in [6.45, 7) is 0. The van der Waals surface area contributed by atoms with Gasteiger partial charge in [0.15, 0.2) is 0 Å². The maximum Gasteiger partial charge on any atom is 0.337 e. The normalized spacial score (nSPS) is 10.8. The van der Waals surface area contributed by atoms with Gasteiger partial charge in [-0.15, -0.1) is 0 Å². The van der Waals surface area contributed by atoms with Crippen LogP contribution >= 0.6 is 11.6 Å². The van der Waals surface area contributed by atoms with Crippen LogP contribution in [0.25, 0.3) is 16.7 Å². The highest BCUT2D eigenvalue weighted by molar-refractivity contribution is 6.32.